The van der Waals surface area contributed by atoms with E-state index in [-0.39, 0.29) is 30.1 Å². The molecule has 1 saturated heterocycles. The molecule has 0 saturated carbocycles. The number of halogens is 1. The van der Waals surface area contributed by atoms with Crippen LogP contribution in [-0.4, -0.2) is 46.6 Å². The van der Waals surface area contributed by atoms with Crippen molar-refractivity contribution >= 4 is 29.9 Å². The summed E-state index contributed by atoms with van der Waals surface area (Å²) in [6.45, 7) is 7.47. The summed E-state index contributed by atoms with van der Waals surface area (Å²) in [5.41, 5.74) is 3.32. The molecule has 1 fully saturated rings. The molecule has 0 amide bonds. The van der Waals surface area contributed by atoms with Gasteiger partial charge in [-0.3, -0.25) is 0 Å². The van der Waals surface area contributed by atoms with Crippen LogP contribution in [-0.2, 0) is 17.8 Å². The minimum absolute atomic E-state index is 0. The maximum Gasteiger partial charge on any atom is 0.191 e. The molecule has 0 aliphatic carbocycles. The Labute approximate surface area is 218 Å². The molecule has 3 heterocycles. The van der Waals surface area contributed by atoms with Crippen LogP contribution in [0.15, 0.2) is 60.0 Å². The molecule has 34 heavy (non-hydrogen) atoms. The van der Waals surface area contributed by atoms with E-state index in [9.17, 15) is 0 Å². The van der Waals surface area contributed by atoms with E-state index in [4.69, 9.17) is 14.5 Å². The standard InChI is InChI=1S/C25H32N6O2.HI/c1-3-26-25(28-16-20-9-11-27-24(15-20)31-12-5-10-30-31)29-17-21-8-7-19(2)14-23(21)33-18-22-6-4-13-32-22;/h5,7-12,14-15,22H,3-4,6,13,16-18H2,1-2H3,(H2,26,28,29);1H. The molecule has 1 aliphatic heterocycles. The Morgan fingerprint density at radius 2 is 2.15 bits per heavy atom. The van der Waals surface area contributed by atoms with E-state index in [1.807, 2.05) is 24.4 Å². The summed E-state index contributed by atoms with van der Waals surface area (Å²) in [5, 5.41) is 11.0. The van der Waals surface area contributed by atoms with Gasteiger partial charge in [0.15, 0.2) is 11.8 Å². The fourth-order valence-corrected chi connectivity index (χ4v) is 3.68. The van der Waals surface area contributed by atoms with Gasteiger partial charge >= 0.3 is 0 Å². The molecule has 1 aliphatic rings. The number of guanidine groups is 1. The number of nitrogens with one attached hydrogen (secondary N) is 2. The Kier molecular flexibility index (Phi) is 10.1. The second kappa shape index (κ2) is 13.3. The summed E-state index contributed by atoms with van der Waals surface area (Å²) in [6, 6.07) is 12.1. The molecule has 4 rings (SSSR count). The molecule has 0 spiro atoms. The second-order valence-electron chi connectivity index (χ2n) is 8.08. The molecule has 182 valence electrons. The van der Waals surface area contributed by atoms with Gasteiger partial charge < -0.3 is 20.1 Å². The molecule has 8 nitrogen and oxygen atoms in total. The first kappa shape index (κ1) is 26.0. The summed E-state index contributed by atoms with van der Waals surface area (Å²) in [5.74, 6) is 2.42. The molecule has 0 bridgehead atoms. The molecule has 3 aromatic rings. The number of aryl methyl sites for hydroxylation is 1. The van der Waals surface area contributed by atoms with Crippen molar-refractivity contribution in [1.82, 2.24) is 25.4 Å². The van der Waals surface area contributed by atoms with E-state index < -0.39 is 0 Å². The lowest BCUT2D eigenvalue weighted by atomic mass is 10.1. The zero-order chi connectivity index (χ0) is 22.9. The average molecular weight is 576 g/mol. The summed E-state index contributed by atoms with van der Waals surface area (Å²) in [6.07, 6.45) is 7.77. The van der Waals surface area contributed by atoms with Crippen LogP contribution in [0.25, 0.3) is 5.82 Å². The normalized spacial score (nSPS) is 15.6. The number of rotatable bonds is 9. The van der Waals surface area contributed by atoms with Gasteiger partial charge in [0, 0.05) is 43.9 Å². The van der Waals surface area contributed by atoms with Crippen LogP contribution in [0.5, 0.6) is 5.75 Å². The highest BCUT2D eigenvalue weighted by molar-refractivity contribution is 14.0. The molecule has 2 aromatic heterocycles. The number of benzene rings is 1. The average Bonchev–Trinajstić information content (AvgIpc) is 3.55. The maximum absolute atomic E-state index is 6.13. The third-order valence-corrected chi connectivity index (χ3v) is 5.43. The molecular weight excluding hydrogens is 543 g/mol. The fourth-order valence-electron chi connectivity index (χ4n) is 3.68. The van der Waals surface area contributed by atoms with Crippen molar-refractivity contribution < 1.29 is 9.47 Å². The van der Waals surface area contributed by atoms with Gasteiger partial charge in [0.1, 0.15) is 12.4 Å². The first-order valence-electron chi connectivity index (χ1n) is 11.5. The zero-order valence-corrected chi connectivity index (χ0v) is 22.1. The van der Waals surface area contributed by atoms with Gasteiger partial charge in [-0.25, -0.2) is 14.7 Å². The van der Waals surface area contributed by atoms with Gasteiger partial charge in [-0.15, -0.1) is 24.0 Å². The third-order valence-electron chi connectivity index (χ3n) is 5.43. The van der Waals surface area contributed by atoms with Crippen molar-refractivity contribution in [2.24, 2.45) is 4.99 Å². The highest BCUT2D eigenvalue weighted by Crippen LogP contribution is 2.22. The van der Waals surface area contributed by atoms with Crippen LogP contribution in [0.3, 0.4) is 0 Å². The zero-order valence-electron chi connectivity index (χ0n) is 19.7. The van der Waals surface area contributed by atoms with Crippen molar-refractivity contribution in [3.05, 3.63) is 71.7 Å². The number of aliphatic imine (C=N–C) groups is 1. The summed E-state index contributed by atoms with van der Waals surface area (Å²) in [7, 11) is 0. The van der Waals surface area contributed by atoms with Crippen molar-refractivity contribution in [3.8, 4) is 11.6 Å². The van der Waals surface area contributed by atoms with E-state index in [1.54, 1.807) is 17.1 Å². The molecule has 1 atom stereocenters. The summed E-state index contributed by atoms with van der Waals surface area (Å²) in [4.78, 5) is 9.14. The van der Waals surface area contributed by atoms with Crippen LogP contribution in [0, 0.1) is 6.92 Å². The summed E-state index contributed by atoms with van der Waals surface area (Å²) >= 11 is 0. The van der Waals surface area contributed by atoms with Crippen LogP contribution >= 0.6 is 24.0 Å². The molecule has 2 N–H and O–H groups in total. The van der Waals surface area contributed by atoms with Gasteiger partial charge in [-0.1, -0.05) is 12.1 Å². The Balaban J connectivity index is 0.00000324. The molecule has 9 heteroatoms. The van der Waals surface area contributed by atoms with E-state index in [1.165, 1.54) is 5.56 Å². The predicted molar refractivity (Wildman–Crippen MR) is 144 cm³/mol. The molecule has 1 unspecified atom stereocenters. The lowest BCUT2D eigenvalue weighted by Gasteiger charge is -2.17. The summed E-state index contributed by atoms with van der Waals surface area (Å²) < 4.78 is 13.6. The largest absolute Gasteiger partial charge is 0.491 e. The van der Waals surface area contributed by atoms with Gasteiger partial charge in [-0.05, 0) is 62.1 Å². The number of hydrogen-bond donors (Lipinski definition) is 2. The fraction of sp³-hybridized carbons (Fsp3) is 0.400. The number of pyridine rings is 1. The van der Waals surface area contributed by atoms with Crippen LogP contribution in [0.2, 0.25) is 0 Å². The Bertz CT molecular complexity index is 1050. The number of ether oxygens (including phenoxy) is 2. The third kappa shape index (κ3) is 7.42. The predicted octanol–water partition coefficient (Wildman–Crippen LogP) is 4.01. The quantitative estimate of drug-likeness (QED) is 0.228. The van der Waals surface area contributed by atoms with E-state index in [0.29, 0.717) is 19.7 Å². The number of aromatic nitrogens is 3. The topological polar surface area (TPSA) is 85.6 Å². The van der Waals surface area contributed by atoms with E-state index in [0.717, 1.165) is 54.6 Å². The first-order chi connectivity index (χ1) is 16.2. The molecule has 1 aromatic carbocycles. The minimum atomic E-state index is 0. The first-order valence-corrected chi connectivity index (χ1v) is 11.5. The second-order valence-corrected chi connectivity index (χ2v) is 8.08. The van der Waals surface area contributed by atoms with Crippen molar-refractivity contribution in [1.29, 1.82) is 0 Å². The lowest BCUT2D eigenvalue weighted by molar-refractivity contribution is 0.0676. The van der Waals surface area contributed by atoms with Gasteiger partial charge in [0.2, 0.25) is 0 Å². The van der Waals surface area contributed by atoms with Gasteiger partial charge in [-0.2, -0.15) is 5.10 Å². The van der Waals surface area contributed by atoms with Gasteiger partial charge in [0.05, 0.1) is 12.6 Å². The number of hydrogen-bond acceptors (Lipinski definition) is 5. The Hall–Kier alpha value is -2.66. The van der Waals surface area contributed by atoms with Crippen molar-refractivity contribution in [2.75, 3.05) is 19.8 Å². The van der Waals surface area contributed by atoms with E-state index >= 15 is 0 Å². The molecular formula is C25H33IN6O2. The van der Waals surface area contributed by atoms with Crippen molar-refractivity contribution in [3.63, 3.8) is 0 Å². The highest BCUT2D eigenvalue weighted by atomic mass is 127. The maximum atomic E-state index is 6.13. The monoisotopic (exact) mass is 576 g/mol. The van der Waals surface area contributed by atoms with Gasteiger partial charge in [0.25, 0.3) is 0 Å². The van der Waals surface area contributed by atoms with Crippen LogP contribution < -0.4 is 15.4 Å². The van der Waals surface area contributed by atoms with E-state index in [2.05, 4.69) is 52.8 Å². The lowest BCUT2D eigenvalue weighted by Crippen LogP contribution is -2.37. The Morgan fingerprint density at radius 1 is 1.24 bits per heavy atom. The highest BCUT2D eigenvalue weighted by Gasteiger charge is 2.17. The van der Waals surface area contributed by atoms with Crippen LogP contribution in [0.4, 0.5) is 0 Å². The smallest absolute Gasteiger partial charge is 0.191 e. The van der Waals surface area contributed by atoms with Crippen LogP contribution in [0.1, 0.15) is 36.5 Å². The number of nitrogens with zero attached hydrogens (tertiary/aromatic N) is 4. The molecule has 0 radical (unpaired) electrons. The Morgan fingerprint density at radius 3 is 2.91 bits per heavy atom. The van der Waals surface area contributed by atoms with Crippen molar-refractivity contribution in [2.45, 2.75) is 45.9 Å². The minimum Gasteiger partial charge on any atom is -0.491 e. The SMILES string of the molecule is CCNC(=NCc1ccnc(-n2cccn2)c1)NCc1ccc(C)cc1OCC1CCCO1.I.